The van der Waals surface area contributed by atoms with Crippen LogP contribution in [0, 0.1) is 6.92 Å². The zero-order valence-corrected chi connectivity index (χ0v) is 11.0. The van der Waals surface area contributed by atoms with Crippen molar-refractivity contribution < 1.29 is 0 Å². The van der Waals surface area contributed by atoms with Crippen LogP contribution in [0.1, 0.15) is 41.3 Å². The molecule has 3 heterocycles. The van der Waals surface area contributed by atoms with E-state index in [-0.39, 0.29) is 0 Å². The van der Waals surface area contributed by atoms with Crippen LogP contribution in [0.2, 0.25) is 0 Å². The number of hydrogen-bond acceptors (Lipinski definition) is 4. The summed E-state index contributed by atoms with van der Waals surface area (Å²) < 4.78 is 0. The van der Waals surface area contributed by atoms with E-state index in [1.807, 2.05) is 18.5 Å². The predicted molar refractivity (Wildman–Crippen MR) is 72.5 cm³/mol. The van der Waals surface area contributed by atoms with E-state index in [4.69, 9.17) is 9.97 Å². The first-order valence-corrected chi connectivity index (χ1v) is 6.84. The smallest absolute Gasteiger partial charge is 0.161 e. The van der Waals surface area contributed by atoms with Crippen LogP contribution in [-0.2, 0) is 13.1 Å². The molecule has 0 atom stereocenters. The summed E-state index contributed by atoms with van der Waals surface area (Å²) in [4.78, 5) is 13.8. The number of rotatable bonds is 2. The van der Waals surface area contributed by atoms with E-state index < -0.39 is 0 Å². The first-order valence-electron chi connectivity index (χ1n) is 6.84. The molecule has 0 spiro atoms. The van der Waals surface area contributed by atoms with Gasteiger partial charge in [-0.3, -0.25) is 4.98 Å². The molecule has 2 aromatic heterocycles. The zero-order valence-electron chi connectivity index (χ0n) is 11.0. The molecule has 0 saturated heterocycles. The zero-order chi connectivity index (χ0) is 12.8. The average Bonchev–Trinajstić information content (AvgIpc) is 3.16. The van der Waals surface area contributed by atoms with Crippen LogP contribution < -0.4 is 5.32 Å². The van der Waals surface area contributed by atoms with Gasteiger partial charge in [-0.2, -0.15) is 0 Å². The Hall–Kier alpha value is -1.81. The van der Waals surface area contributed by atoms with Crippen molar-refractivity contribution in [1.82, 2.24) is 20.3 Å². The molecule has 0 amide bonds. The summed E-state index contributed by atoms with van der Waals surface area (Å²) >= 11 is 0. The summed E-state index contributed by atoms with van der Waals surface area (Å²) in [5.74, 6) is 1.50. The van der Waals surface area contributed by atoms with Gasteiger partial charge >= 0.3 is 0 Å². The van der Waals surface area contributed by atoms with Crippen LogP contribution in [0.25, 0.3) is 11.4 Å². The van der Waals surface area contributed by atoms with E-state index in [0.29, 0.717) is 5.92 Å². The van der Waals surface area contributed by atoms with Crippen molar-refractivity contribution in [1.29, 1.82) is 0 Å². The van der Waals surface area contributed by atoms with Crippen LogP contribution >= 0.6 is 0 Å². The third-order valence-electron chi connectivity index (χ3n) is 3.96. The molecule has 19 heavy (non-hydrogen) atoms. The molecule has 2 aromatic rings. The van der Waals surface area contributed by atoms with E-state index >= 15 is 0 Å². The fourth-order valence-electron chi connectivity index (χ4n) is 2.71. The summed E-state index contributed by atoms with van der Waals surface area (Å²) in [6, 6.07) is 2.01. The number of hydrogen-bond donors (Lipinski definition) is 1. The van der Waals surface area contributed by atoms with Gasteiger partial charge in [-0.05, 0) is 31.4 Å². The van der Waals surface area contributed by atoms with Gasteiger partial charge in [0.2, 0.25) is 0 Å². The normalized spacial score (nSPS) is 17.5. The molecule has 4 nitrogen and oxygen atoms in total. The van der Waals surface area contributed by atoms with E-state index in [1.54, 1.807) is 0 Å². The van der Waals surface area contributed by atoms with Crippen molar-refractivity contribution in [2.24, 2.45) is 0 Å². The Morgan fingerprint density at radius 1 is 1.21 bits per heavy atom. The highest BCUT2D eigenvalue weighted by Gasteiger charge is 2.31. The molecule has 96 valence electrons. The fourth-order valence-corrected chi connectivity index (χ4v) is 2.71. The van der Waals surface area contributed by atoms with Crippen LogP contribution in [0.15, 0.2) is 18.5 Å². The van der Waals surface area contributed by atoms with Crippen LogP contribution in [0.4, 0.5) is 0 Å². The first kappa shape index (κ1) is 11.1. The summed E-state index contributed by atoms with van der Waals surface area (Å²) in [7, 11) is 0. The van der Waals surface area contributed by atoms with Gasteiger partial charge in [0.25, 0.3) is 0 Å². The molecule has 0 radical (unpaired) electrons. The SMILES string of the molecule is Cc1ccncc1-c1nc2c(c(C3CC3)n1)CNC2. The molecule has 1 fully saturated rings. The van der Waals surface area contributed by atoms with Gasteiger partial charge in [0.1, 0.15) is 0 Å². The lowest BCUT2D eigenvalue weighted by molar-refractivity contribution is 0.755. The molecular weight excluding hydrogens is 236 g/mol. The molecule has 0 aromatic carbocycles. The van der Waals surface area contributed by atoms with Crippen molar-refractivity contribution in [2.45, 2.75) is 38.8 Å². The number of aromatic nitrogens is 3. The lowest BCUT2D eigenvalue weighted by atomic mass is 10.1. The minimum atomic E-state index is 0.660. The van der Waals surface area contributed by atoms with Crippen molar-refractivity contribution in [3.63, 3.8) is 0 Å². The second-order valence-electron chi connectivity index (χ2n) is 5.43. The minimum absolute atomic E-state index is 0.660. The largest absolute Gasteiger partial charge is 0.307 e. The molecule has 1 aliphatic carbocycles. The Kier molecular flexibility index (Phi) is 2.38. The average molecular weight is 252 g/mol. The number of pyridine rings is 1. The number of aryl methyl sites for hydroxylation is 1. The Bertz CT molecular complexity index is 647. The molecule has 1 N–H and O–H groups in total. The third-order valence-corrected chi connectivity index (χ3v) is 3.96. The molecule has 1 aliphatic heterocycles. The van der Waals surface area contributed by atoms with Gasteiger partial charge in [0.15, 0.2) is 5.82 Å². The summed E-state index contributed by atoms with van der Waals surface area (Å²) in [5.41, 5.74) is 6.03. The summed E-state index contributed by atoms with van der Waals surface area (Å²) in [6.07, 6.45) is 6.23. The number of fused-ring (bicyclic) bond motifs is 1. The Morgan fingerprint density at radius 3 is 2.89 bits per heavy atom. The lowest BCUT2D eigenvalue weighted by Crippen LogP contribution is -2.03. The molecule has 1 saturated carbocycles. The molecule has 4 heteroatoms. The second-order valence-corrected chi connectivity index (χ2v) is 5.43. The van der Waals surface area contributed by atoms with Gasteiger partial charge in [0.05, 0.1) is 11.4 Å². The fraction of sp³-hybridized carbons (Fsp3) is 0.400. The van der Waals surface area contributed by atoms with Crippen LogP contribution in [0.3, 0.4) is 0 Å². The van der Waals surface area contributed by atoms with Crippen molar-refractivity contribution in [2.75, 3.05) is 0 Å². The Balaban J connectivity index is 1.90. The van der Waals surface area contributed by atoms with Crippen molar-refractivity contribution in [3.05, 3.63) is 41.0 Å². The monoisotopic (exact) mass is 252 g/mol. The van der Waals surface area contributed by atoms with Gasteiger partial charge in [-0.15, -0.1) is 0 Å². The molecular formula is C15H16N4. The van der Waals surface area contributed by atoms with Gasteiger partial charge in [-0.25, -0.2) is 9.97 Å². The molecule has 0 unspecified atom stereocenters. The van der Waals surface area contributed by atoms with E-state index in [1.165, 1.54) is 35.4 Å². The maximum absolute atomic E-state index is 4.85. The van der Waals surface area contributed by atoms with E-state index in [2.05, 4.69) is 17.2 Å². The van der Waals surface area contributed by atoms with Gasteiger partial charge in [0, 0.05) is 42.5 Å². The highest BCUT2D eigenvalue weighted by atomic mass is 15.0. The predicted octanol–water partition coefficient (Wildman–Crippen LogP) is 2.33. The molecule has 4 rings (SSSR count). The maximum atomic E-state index is 4.85. The highest BCUT2D eigenvalue weighted by molar-refractivity contribution is 5.59. The van der Waals surface area contributed by atoms with Crippen LogP contribution in [0.5, 0.6) is 0 Å². The van der Waals surface area contributed by atoms with Crippen molar-refractivity contribution >= 4 is 0 Å². The topological polar surface area (TPSA) is 50.7 Å². The van der Waals surface area contributed by atoms with E-state index in [0.717, 1.165) is 24.5 Å². The first-order chi connectivity index (χ1) is 9.33. The summed E-state index contributed by atoms with van der Waals surface area (Å²) in [6.45, 7) is 3.87. The maximum Gasteiger partial charge on any atom is 0.161 e. The Morgan fingerprint density at radius 2 is 2.11 bits per heavy atom. The van der Waals surface area contributed by atoms with Gasteiger partial charge < -0.3 is 5.32 Å². The standard InChI is InChI=1S/C15H16N4/c1-9-4-5-16-6-11(9)15-18-13-8-17-7-12(13)14(19-15)10-2-3-10/h4-6,10,17H,2-3,7-8H2,1H3. The number of nitrogens with one attached hydrogen (secondary N) is 1. The lowest BCUT2D eigenvalue weighted by Gasteiger charge is -2.10. The van der Waals surface area contributed by atoms with Gasteiger partial charge in [-0.1, -0.05) is 0 Å². The van der Waals surface area contributed by atoms with E-state index in [9.17, 15) is 0 Å². The molecule has 0 bridgehead atoms. The highest BCUT2D eigenvalue weighted by Crippen LogP contribution is 2.42. The molecule has 2 aliphatic rings. The van der Waals surface area contributed by atoms with Crippen LogP contribution in [-0.4, -0.2) is 15.0 Å². The second kappa shape index (κ2) is 4.10. The third kappa shape index (κ3) is 1.83. The minimum Gasteiger partial charge on any atom is -0.307 e. The summed E-state index contributed by atoms with van der Waals surface area (Å²) in [5, 5.41) is 3.39. The number of nitrogens with zero attached hydrogens (tertiary/aromatic N) is 3. The quantitative estimate of drug-likeness (QED) is 0.891. The van der Waals surface area contributed by atoms with Crippen molar-refractivity contribution in [3.8, 4) is 11.4 Å². The Labute approximate surface area is 112 Å².